The van der Waals surface area contributed by atoms with Crippen LogP contribution in [0.15, 0.2) is 76.5 Å². The molecule has 5 N–H and O–H groups in total. The first-order chi connectivity index (χ1) is 36.5. The Morgan fingerprint density at radius 2 is 1.58 bits per heavy atom. The van der Waals surface area contributed by atoms with Gasteiger partial charge < -0.3 is 59.4 Å². The minimum Gasteiger partial charge on any atom is -0.507 e. The SMILES string of the molecule is CO[C@H]1/C=C/O[C@@]2(C)Oc3c(C)c(O)c4c(O)c(c5c(c4c3C2=O)NC2(CCN(CC(C)C)CC2)N=5)=NC(=O)/C(C)=C\C=C\[C@H](C)[C@H](O)[C@@H](C)[C@@H](O)[C@@H](C)[C@H](OC(=O)CC(=O)N2CCC(N(C)c3ccccc3)CC2)[C@@H]1C. The number of esters is 1. The number of fused-ring (bicyclic) bond motifs is 13. The number of hydrogen-bond acceptors (Lipinski definition) is 16. The number of hydrogen-bond donors (Lipinski definition) is 5. The number of anilines is 2. The van der Waals surface area contributed by atoms with Gasteiger partial charge in [-0.05, 0) is 50.8 Å². The summed E-state index contributed by atoms with van der Waals surface area (Å²) in [7, 11) is 3.49. The standard InChI is InChI=1S/C59H78N6O12/c1-32(2)31-64-27-23-59(24-28-64)61-47-44-45-52(70)38(8)55-46(44)56(72)58(9,77-55)75-29-22-41(74-11)35(5)54(76-43(67)30-42(66)65-25-20-40(21-26-65)63(10)39-18-13-12-14-19-39)37(7)51(69)36(6)50(68)33(3)16-15-17-34(4)57(73)60-49(53(45)71)48(47)62-59/h12-19,22,29,32-33,35-37,40-41,50-51,54,61,68-71H,20-21,23-28,30-31H2,1-11H3/b16-15+,29-22+,34-17-,60-49?/t33-,35+,36+,37+,41-,50-,51+,54+,58-/m0/s1. The van der Waals surface area contributed by atoms with Gasteiger partial charge in [-0.3, -0.25) is 24.2 Å². The van der Waals surface area contributed by atoms with E-state index >= 15 is 0 Å². The number of phenolic OH excluding ortho intramolecular Hbond substituents is 2. The largest absolute Gasteiger partial charge is 0.507 e. The Bertz CT molecular complexity index is 2960. The van der Waals surface area contributed by atoms with E-state index in [1.54, 1.807) is 58.6 Å². The smallest absolute Gasteiger partial charge is 0.315 e. The number of methoxy groups -OCH3 is 1. The Morgan fingerprint density at radius 3 is 2.23 bits per heavy atom. The average molecular weight is 1060 g/mol. The fourth-order valence-electron chi connectivity index (χ4n) is 11.9. The number of Topliss-reactive ketones (excluding diaryl/α,β-unsaturated/α-hetero) is 1. The molecule has 2 saturated heterocycles. The van der Waals surface area contributed by atoms with E-state index in [-0.39, 0.29) is 55.9 Å². The van der Waals surface area contributed by atoms with E-state index < -0.39 is 95.1 Å². The molecule has 18 nitrogen and oxygen atoms in total. The Labute approximate surface area is 451 Å². The second kappa shape index (κ2) is 22.9. The fourth-order valence-corrected chi connectivity index (χ4v) is 11.9. The number of rotatable bonds is 8. The predicted molar refractivity (Wildman–Crippen MR) is 291 cm³/mol. The molecule has 0 aromatic heterocycles. The number of allylic oxidation sites excluding steroid dienone is 2. The molecule has 3 aromatic rings. The minimum absolute atomic E-state index is 0.0265. The summed E-state index contributed by atoms with van der Waals surface area (Å²) in [5.74, 6) is -7.86. The van der Waals surface area contributed by atoms with Crippen LogP contribution in [0.3, 0.4) is 0 Å². The summed E-state index contributed by atoms with van der Waals surface area (Å²) in [6, 6.07) is 10.3. The van der Waals surface area contributed by atoms with Crippen LogP contribution in [-0.4, -0.2) is 143 Å². The number of aromatic hydroxyl groups is 2. The van der Waals surface area contributed by atoms with Gasteiger partial charge in [-0.2, -0.15) is 0 Å². The van der Waals surface area contributed by atoms with Gasteiger partial charge in [0.1, 0.15) is 40.4 Å². The van der Waals surface area contributed by atoms with Gasteiger partial charge >= 0.3 is 11.8 Å². The van der Waals surface area contributed by atoms with Crippen LogP contribution in [0.4, 0.5) is 11.4 Å². The van der Waals surface area contributed by atoms with E-state index in [0.29, 0.717) is 50.6 Å². The number of para-hydroxylation sites is 1. The zero-order valence-corrected chi connectivity index (χ0v) is 46.4. The number of phenols is 2. The van der Waals surface area contributed by atoms with E-state index in [1.807, 2.05) is 37.4 Å². The molecule has 416 valence electrons. The number of nitrogens with one attached hydrogen (secondary N) is 1. The summed E-state index contributed by atoms with van der Waals surface area (Å²) in [4.78, 5) is 72.6. The van der Waals surface area contributed by atoms with Crippen LogP contribution in [-0.2, 0) is 28.6 Å². The van der Waals surface area contributed by atoms with Crippen LogP contribution in [0.25, 0.3) is 10.8 Å². The van der Waals surface area contributed by atoms with E-state index in [0.717, 1.165) is 25.1 Å². The number of carbonyl (C=O) groups is 4. The molecule has 3 aromatic carbocycles. The Hall–Kier alpha value is -6.34. The zero-order chi connectivity index (χ0) is 55.8. The van der Waals surface area contributed by atoms with E-state index in [2.05, 4.69) is 34.0 Å². The predicted octanol–water partition coefficient (Wildman–Crippen LogP) is 6.25. The molecular formula is C59H78N6O12. The second-order valence-corrected chi connectivity index (χ2v) is 22.6. The summed E-state index contributed by atoms with van der Waals surface area (Å²) >= 11 is 0. The van der Waals surface area contributed by atoms with Crippen molar-refractivity contribution in [1.29, 1.82) is 0 Å². The maximum absolute atomic E-state index is 15.0. The van der Waals surface area contributed by atoms with Gasteiger partial charge in [-0.15, -0.1) is 0 Å². The molecule has 6 heterocycles. The highest BCUT2D eigenvalue weighted by Crippen LogP contribution is 2.51. The number of benzene rings is 3. The molecule has 6 aliphatic heterocycles. The van der Waals surface area contributed by atoms with Crippen molar-refractivity contribution in [2.45, 2.75) is 136 Å². The molecule has 77 heavy (non-hydrogen) atoms. The third-order valence-electron chi connectivity index (χ3n) is 16.7. The first-order valence-corrected chi connectivity index (χ1v) is 27.1. The van der Waals surface area contributed by atoms with Crippen molar-refractivity contribution in [3.05, 3.63) is 88.3 Å². The lowest BCUT2D eigenvalue weighted by Gasteiger charge is -2.39. The molecule has 6 aliphatic rings. The Morgan fingerprint density at radius 1 is 0.909 bits per heavy atom. The highest BCUT2D eigenvalue weighted by Gasteiger charge is 2.51. The first-order valence-electron chi connectivity index (χ1n) is 27.1. The summed E-state index contributed by atoms with van der Waals surface area (Å²) < 4.78 is 24.8. The molecule has 9 atom stereocenters. The van der Waals surface area contributed by atoms with E-state index in [1.165, 1.54) is 32.4 Å². The number of aliphatic hydroxyl groups excluding tert-OH is 2. The molecule has 1 spiro atoms. The molecule has 2 fully saturated rings. The molecule has 2 amide bonds. The van der Waals surface area contributed by atoms with Crippen LogP contribution in [0.5, 0.6) is 17.2 Å². The van der Waals surface area contributed by atoms with Gasteiger partial charge in [-0.1, -0.05) is 78.0 Å². The van der Waals surface area contributed by atoms with Crippen molar-refractivity contribution in [2.24, 2.45) is 39.6 Å². The van der Waals surface area contributed by atoms with Crippen molar-refractivity contribution in [1.82, 2.24) is 9.80 Å². The molecule has 0 unspecified atom stereocenters. The van der Waals surface area contributed by atoms with Crippen LogP contribution in [0.1, 0.15) is 103 Å². The highest BCUT2D eigenvalue weighted by atomic mass is 16.7. The molecular weight excluding hydrogens is 985 g/mol. The van der Waals surface area contributed by atoms with E-state index in [4.69, 9.17) is 23.9 Å². The maximum Gasteiger partial charge on any atom is 0.315 e. The molecule has 0 saturated carbocycles. The number of amides is 2. The maximum atomic E-state index is 15.0. The Balaban J connectivity index is 1.13. The number of nitrogens with zero attached hydrogens (tertiary/aromatic N) is 5. The quantitative estimate of drug-likeness (QED) is 0.0954. The van der Waals surface area contributed by atoms with Crippen molar-refractivity contribution in [3.63, 3.8) is 0 Å². The molecule has 5 bridgehead atoms. The monoisotopic (exact) mass is 1060 g/mol. The molecule has 0 radical (unpaired) electrons. The van der Waals surface area contributed by atoms with Crippen molar-refractivity contribution < 1.29 is 58.6 Å². The lowest BCUT2D eigenvalue weighted by atomic mass is 9.78. The van der Waals surface area contributed by atoms with Gasteiger partial charge in [-0.25, -0.2) is 4.99 Å². The summed E-state index contributed by atoms with van der Waals surface area (Å²) in [6.07, 6.45) is 5.32. The fraction of sp³-hybridized carbons (Fsp3) is 0.559. The summed E-state index contributed by atoms with van der Waals surface area (Å²) in [5.41, 5.74) is 0.845. The second-order valence-electron chi connectivity index (χ2n) is 22.6. The Kier molecular flexibility index (Phi) is 16.9. The van der Waals surface area contributed by atoms with Crippen molar-refractivity contribution in [3.8, 4) is 17.2 Å². The first kappa shape index (κ1) is 56.9. The van der Waals surface area contributed by atoms with Gasteiger partial charge in [0.15, 0.2) is 5.75 Å². The van der Waals surface area contributed by atoms with Crippen LogP contribution in [0, 0.1) is 36.5 Å². The lowest BCUT2D eigenvalue weighted by molar-refractivity contribution is -0.165. The molecule has 0 aliphatic carbocycles. The van der Waals surface area contributed by atoms with Gasteiger partial charge in [0, 0.05) is 119 Å². The number of aliphatic hydroxyl groups is 2. The molecule has 9 rings (SSSR count). The summed E-state index contributed by atoms with van der Waals surface area (Å²) in [6.45, 7) is 19.0. The van der Waals surface area contributed by atoms with Crippen LogP contribution < -0.4 is 25.7 Å². The normalized spacial score (nSPS) is 29.7. The highest BCUT2D eigenvalue weighted by molar-refractivity contribution is 6.21. The number of ether oxygens (including phenoxy) is 4. The number of ketones is 1. The number of likely N-dealkylation sites (tertiary alicyclic amines) is 2. The third kappa shape index (κ3) is 11.3. The van der Waals surface area contributed by atoms with Crippen LogP contribution in [0.2, 0.25) is 0 Å². The number of carbonyl (C=O) groups excluding carboxylic acids is 4. The topological polar surface area (TPSA) is 233 Å². The average Bonchev–Trinajstić information content (AvgIpc) is 4.11. The summed E-state index contributed by atoms with van der Waals surface area (Å²) in [5, 5.41) is 51.6. The molecule has 18 heteroatoms. The number of piperidine rings is 2. The van der Waals surface area contributed by atoms with Crippen molar-refractivity contribution in [2.75, 3.05) is 57.1 Å². The van der Waals surface area contributed by atoms with Gasteiger partial charge in [0.05, 0.1) is 41.2 Å². The van der Waals surface area contributed by atoms with E-state index in [9.17, 15) is 39.6 Å². The van der Waals surface area contributed by atoms with Gasteiger partial charge in [0.2, 0.25) is 5.91 Å². The zero-order valence-electron chi connectivity index (χ0n) is 46.4. The van der Waals surface area contributed by atoms with Crippen molar-refractivity contribution >= 4 is 45.7 Å². The lowest BCUT2D eigenvalue weighted by Crippen LogP contribution is -2.48. The third-order valence-corrected chi connectivity index (χ3v) is 16.7. The van der Waals surface area contributed by atoms with Crippen LogP contribution >= 0.6 is 0 Å². The minimum atomic E-state index is -2.02. The van der Waals surface area contributed by atoms with Gasteiger partial charge in [0.25, 0.3) is 11.7 Å².